The number of carbonyl (C=O) groups excluding carboxylic acids is 1. The molecule has 0 spiro atoms. The zero-order chi connectivity index (χ0) is 20.9. The van der Waals surface area contributed by atoms with Crippen molar-refractivity contribution >= 4 is 23.1 Å². The number of nitrogens with two attached hydrogens (primary N) is 1. The van der Waals surface area contributed by atoms with E-state index in [2.05, 4.69) is 27.1 Å². The van der Waals surface area contributed by atoms with Crippen LogP contribution in [0.2, 0.25) is 0 Å². The topological polar surface area (TPSA) is 93.4 Å². The van der Waals surface area contributed by atoms with Gasteiger partial charge in [0.2, 0.25) is 0 Å². The summed E-state index contributed by atoms with van der Waals surface area (Å²) in [5.74, 6) is 0.471. The summed E-state index contributed by atoms with van der Waals surface area (Å²) in [4.78, 5) is 24.0. The molecule has 3 N–H and O–H groups in total. The summed E-state index contributed by atoms with van der Waals surface area (Å²) in [7, 11) is 0. The van der Waals surface area contributed by atoms with E-state index in [1.165, 1.54) is 0 Å². The summed E-state index contributed by atoms with van der Waals surface area (Å²) in [5, 5.41) is 2.98. The molecule has 0 saturated carbocycles. The van der Waals surface area contributed by atoms with E-state index in [1.54, 1.807) is 6.20 Å². The van der Waals surface area contributed by atoms with Crippen molar-refractivity contribution < 1.29 is 9.53 Å². The van der Waals surface area contributed by atoms with E-state index in [0.29, 0.717) is 12.3 Å². The Labute approximate surface area is 175 Å². The van der Waals surface area contributed by atoms with Crippen LogP contribution < -0.4 is 20.7 Å². The molecule has 3 aromatic rings. The fraction of sp³-hybridized carbons (Fsp3) is 0.261. The predicted molar refractivity (Wildman–Crippen MR) is 119 cm³/mol. The number of aromatic nitrogens is 2. The molecule has 4 bridgehead atoms. The molecular formula is C23H25N5O2. The maximum atomic E-state index is 13.1. The van der Waals surface area contributed by atoms with Gasteiger partial charge in [0.25, 0.3) is 5.91 Å². The lowest BCUT2D eigenvalue weighted by Gasteiger charge is -2.27. The first-order chi connectivity index (χ1) is 14.7. The van der Waals surface area contributed by atoms with Gasteiger partial charge < -0.3 is 20.7 Å². The van der Waals surface area contributed by atoms with Crippen LogP contribution in [0.5, 0.6) is 5.75 Å². The highest BCUT2D eigenvalue weighted by Gasteiger charge is 2.18. The lowest BCUT2D eigenvalue weighted by molar-refractivity contribution is 0.102. The second kappa shape index (κ2) is 8.82. The zero-order valence-corrected chi connectivity index (χ0v) is 17.0. The Hall–Kier alpha value is -3.61. The van der Waals surface area contributed by atoms with E-state index in [0.717, 1.165) is 48.6 Å². The van der Waals surface area contributed by atoms with E-state index in [9.17, 15) is 4.79 Å². The van der Waals surface area contributed by atoms with Gasteiger partial charge >= 0.3 is 0 Å². The normalized spacial score (nSPS) is 14.0. The molecular weight excluding hydrogens is 378 g/mol. The standard InChI is InChI=1S/C23H25N5O2/c1-2-11-28-12-6-13-30-17-8-5-7-16(14-17)19-15-25-22(24)21(26-19)23(29)27-18-9-3-4-10-20(18)28/h3-5,7-10,14-15H,2,6,11-13H2,1H3,(H2,24,25)(H,27,29). The first-order valence-corrected chi connectivity index (χ1v) is 10.2. The van der Waals surface area contributed by atoms with E-state index in [4.69, 9.17) is 10.5 Å². The van der Waals surface area contributed by atoms with Gasteiger partial charge in [-0.2, -0.15) is 0 Å². The van der Waals surface area contributed by atoms with Gasteiger partial charge in [0, 0.05) is 18.7 Å². The third kappa shape index (κ3) is 4.20. The lowest BCUT2D eigenvalue weighted by Crippen LogP contribution is -2.28. The summed E-state index contributed by atoms with van der Waals surface area (Å²) < 4.78 is 5.97. The minimum absolute atomic E-state index is 0.0934. The summed E-state index contributed by atoms with van der Waals surface area (Å²) in [6.07, 6.45) is 3.42. The van der Waals surface area contributed by atoms with E-state index < -0.39 is 0 Å². The van der Waals surface area contributed by atoms with E-state index >= 15 is 0 Å². The van der Waals surface area contributed by atoms with Crippen LogP contribution in [0.3, 0.4) is 0 Å². The molecule has 1 amide bonds. The van der Waals surface area contributed by atoms with Crippen molar-refractivity contribution in [3.05, 3.63) is 60.4 Å². The van der Waals surface area contributed by atoms with Crippen molar-refractivity contribution in [2.24, 2.45) is 0 Å². The summed E-state index contributed by atoms with van der Waals surface area (Å²) in [5.41, 5.74) is 9.16. The molecule has 1 aliphatic heterocycles. The Balaban J connectivity index is 1.78. The molecule has 7 nitrogen and oxygen atoms in total. The number of anilines is 3. The van der Waals surface area contributed by atoms with Gasteiger partial charge in [0.05, 0.1) is 29.9 Å². The van der Waals surface area contributed by atoms with Gasteiger partial charge in [-0.25, -0.2) is 9.97 Å². The Bertz CT molecular complexity index is 1050. The van der Waals surface area contributed by atoms with Crippen LogP contribution in [0.25, 0.3) is 11.3 Å². The highest BCUT2D eigenvalue weighted by molar-refractivity contribution is 6.07. The molecule has 0 saturated heterocycles. The van der Waals surface area contributed by atoms with Gasteiger partial charge in [-0.1, -0.05) is 31.2 Å². The average Bonchev–Trinajstić information content (AvgIpc) is 2.76. The van der Waals surface area contributed by atoms with Crippen LogP contribution in [-0.2, 0) is 0 Å². The number of rotatable bonds is 2. The summed E-state index contributed by atoms with van der Waals surface area (Å²) in [6.45, 7) is 4.42. The number of nitrogens with one attached hydrogen (secondary N) is 1. The second-order valence-electron chi connectivity index (χ2n) is 7.18. The Kier molecular flexibility index (Phi) is 5.79. The highest BCUT2D eigenvalue weighted by atomic mass is 16.5. The van der Waals surface area contributed by atoms with E-state index in [1.807, 2.05) is 48.5 Å². The number of nitrogen functional groups attached to an aromatic ring is 1. The largest absolute Gasteiger partial charge is 0.494 e. The van der Waals surface area contributed by atoms with E-state index in [-0.39, 0.29) is 17.4 Å². The Morgan fingerprint density at radius 3 is 2.93 bits per heavy atom. The number of fused-ring (bicyclic) bond motifs is 6. The molecule has 4 rings (SSSR count). The predicted octanol–water partition coefficient (Wildman–Crippen LogP) is 3.98. The van der Waals surface area contributed by atoms with Crippen LogP contribution in [-0.4, -0.2) is 35.6 Å². The maximum absolute atomic E-state index is 13.1. The fourth-order valence-electron chi connectivity index (χ4n) is 3.55. The number of para-hydroxylation sites is 2. The van der Waals surface area contributed by atoms with Crippen molar-refractivity contribution in [2.75, 3.05) is 35.6 Å². The zero-order valence-electron chi connectivity index (χ0n) is 17.0. The van der Waals surface area contributed by atoms with Crippen molar-refractivity contribution in [1.29, 1.82) is 0 Å². The summed E-state index contributed by atoms with van der Waals surface area (Å²) in [6, 6.07) is 15.4. The third-order valence-corrected chi connectivity index (χ3v) is 4.97. The van der Waals surface area contributed by atoms with Gasteiger partial charge in [-0.05, 0) is 37.1 Å². The van der Waals surface area contributed by atoms with Crippen LogP contribution in [0.15, 0.2) is 54.7 Å². The highest BCUT2D eigenvalue weighted by Crippen LogP contribution is 2.28. The molecule has 0 unspecified atom stereocenters. The maximum Gasteiger partial charge on any atom is 0.278 e. The number of carbonyl (C=O) groups is 1. The molecule has 30 heavy (non-hydrogen) atoms. The smallest absolute Gasteiger partial charge is 0.278 e. The van der Waals surface area contributed by atoms with Crippen LogP contribution in [0.1, 0.15) is 30.3 Å². The first kappa shape index (κ1) is 19.7. The van der Waals surface area contributed by atoms with Crippen LogP contribution in [0.4, 0.5) is 17.2 Å². The summed E-state index contributed by atoms with van der Waals surface area (Å²) >= 11 is 0. The molecule has 0 radical (unpaired) electrons. The van der Waals surface area contributed by atoms with Crippen LogP contribution in [0, 0.1) is 0 Å². The number of benzene rings is 2. The Morgan fingerprint density at radius 2 is 2.07 bits per heavy atom. The number of hydrogen-bond acceptors (Lipinski definition) is 6. The minimum atomic E-state index is -0.381. The SMILES string of the molecule is CCCN1CCCOc2cccc(c2)-c2cnc(N)c(n2)C(=O)Nc2ccccc21. The van der Waals surface area contributed by atoms with Gasteiger partial charge in [-0.3, -0.25) is 4.79 Å². The number of hydrogen-bond donors (Lipinski definition) is 2. The molecule has 2 aromatic carbocycles. The monoisotopic (exact) mass is 403 g/mol. The molecule has 154 valence electrons. The first-order valence-electron chi connectivity index (χ1n) is 10.2. The molecule has 0 fully saturated rings. The number of nitrogens with zero attached hydrogens (tertiary/aromatic N) is 3. The van der Waals surface area contributed by atoms with Crippen LogP contribution >= 0.6 is 0 Å². The quantitative estimate of drug-likeness (QED) is 0.672. The van der Waals surface area contributed by atoms with Gasteiger partial charge in [0.15, 0.2) is 11.5 Å². The van der Waals surface area contributed by atoms with Gasteiger partial charge in [-0.15, -0.1) is 0 Å². The molecule has 2 heterocycles. The molecule has 0 aliphatic carbocycles. The Morgan fingerprint density at radius 1 is 1.20 bits per heavy atom. The minimum Gasteiger partial charge on any atom is -0.494 e. The van der Waals surface area contributed by atoms with Crippen molar-refractivity contribution in [1.82, 2.24) is 9.97 Å². The lowest BCUT2D eigenvalue weighted by atomic mass is 10.1. The molecule has 1 aromatic heterocycles. The second-order valence-corrected chi connectivity index (χ2v) is 7.18. The fourth-order valence-corrected chi connectivity index (χ4v) is 3.55. The number of ether oxygens (including phenoxy) is 1. The van der Waals surface area contributed by atoms with Crippen molar-refractivity contribution in [3.8, 4) is 17.0 Å². The van der Waals surface area contributed by atoms with Crippen molar-refractivity contribution in [3.63, 3.8) is 0 Å². The molecule has 7 heteroatoms. The van der Waals surface area contributed by atoms with Crippen molar-refractivity contribution in [2.45, 2.75) is 19.8 Å². The molecule has 0 atom stereocenters. The average molecular weight is 403 g/mol. The number of amides is 1. The third-order valence-electron chi connectivity index (χ3n) is 4.97. The van der Waals surface area contributed by atoms with Gasteiger partial charge in [0.1, 0.15) is 5.75 Å². The molecule has 1 aliphatic rings.